The number of sulfonamides is 1. The molecule has 0 spiro atoms. The summed E-state index contributed by atoms with van der Waals surface area (Å²) in [5.74, 6) is -0.277. The molecule has 2 aromatic rings. The zero-order chi connectivity index (χ0) is 22.4. The average Bonchev–Trinajstić information content (AvgIpc) is 2.78. The Bertz CT molecular complexity index is 1050. The van der Waals surface area contributed by atoms with Crippen molar-refractivity contribution in [3.8, 4) is 0 Å². The zero-order valence-electron chi connectivity index (χ0n) is 17.0. The van der Waals surface area contributed by atoms with Crippen LogP contribution in [0.5, 0.6) is 0 Å². The molecule has 0 bridgehead atoms. The van der Waals surface area contributed by atoms with Gasteiger partial charge in [-0.05, 0) is 42.7 Å². The molecule has 2 amide bonds. The summed E-state index contributed by atoms with van der Waals surface area (Å²) in [5, 5.41) is 12.5. The van der Waals surface area contributed by atoms with Crippen LogP contribution in [0, 0.1) is 0 Å². The summed E-state index contributed by atoms with van der Waals surface area (Å²) in [4.78, 5) is 24.5. The first-order valence-electron chi connectivity index (χ1n) is 9.89. The maximum atomic E-state index is 13.1. The van der Waals surface area contributed by atoms with Crippen LogP contribution >= 0.6 is 0 Å². The van der Waals surface area contributed by atoms with Gasteiger partial charge in [0.2, 0.25) is 15.9 Å². The van der Waals surface area contributed by atoms with Crippen LogP contribution in [0.25, 0.3) is 0 Å². The van der Waals surface area contributed by atoms with Crippen LogP contribution in [0.2, 0.25) is 0 Å². The minimum absolute atomic E-state index is 0.0397. The van der Waals surface area contributed by atoms with Crippen molar-refractivity contribution in [2.24, 2.45) is 0 Å². The van der Waals surface area contributed by atoms with E-state index in [0.717, 1.165) is 10.5 Å². The van der Waals surface area contributed by atoms with E-state index in [1.54, 1.807) is 12.1 Å². The van der Waals surface area contributed by atoms with Gasteiger partial charge in [-0.15, -0.1) is 0 Å². The maximum Gasteiger partial charge on any atom is 0.412 e. The van der Waals surface area contributed by atoms with Gasteiger partial charge in [0.1, 0.15) is 0 Å². The van der Waals surface area contributed by atoms with E-state index < -0.39 is 16.1 Å². The van der Waals surface area contributed by atoms with E-state index in [0.29, 0.717) is 12.8 Å². The van der Waals surface area contributed by atoms with Gasteiger partial charge in [-0.3, -0.25) is 9.69 Å². The van der Waals surface area contributed by atoms with E-state index in [-0.39, 0.29) is 42.2 Å². The number of hydrogen-bond donors (Lipinski definition) is 2. The largest absolute Gasteiger partial charge is 0.465 e. The highest BCUT2D eigenvalue weighted by Crippen LogP contribution is 2.26. The summed E-state index contributed by atoms with van der Waals surface area (Å²) in [6.45, 7) is 4.05. The maximum absolute atomic E-state index is 13.1. The van der Waals surface area contributed by atoms with Crippen LogP contribution < -0.4 is 10.2 Å². The summed E-state index contributed by atoms with van der Waals surface area (Å²) in [7, 11) is -3.79. The quantitative estimate of drug-likeness (QED) is 0.640. The lowest BCUT2D eigenvalue weighted by atomic mass is 10.1. The van der Waals surface area contributed by atoms with Crippen molar-refractivity contribution in [1.82, 2.24) is 9.62 Å². The average molecular weight is 444 g/mol. The molecule has 1 aliphatic rings. The number of carbonyl (C=O) groups excluding carboxylic acids is 1. The molecule has 31 heavy (non-hydrogen) atoms. The van der Waals surface area contributed by atoms with Crippen LogP contribution in [0.3, 0.4) is 0 Å². The Morgan fingerprint density at radius 1 is 1.13 bits per heavy atom. The summed E-state index contributed by atoms with van der Waals surface area (Å²) in [6, 6.07) is 15.0. The van der Waals surface area contributed by atoms with Crippen molar-refractivity contribution < 1.29 is 23.1 Å². The molecule has 1 heterocycles. The molecule has 0 radical (unpaired) electrons. The molecule has 0 atom stereocenters. The monoisotopic (exact) mass is 443 g/mol. The SMILES string of the molecule is C=CC(=O)NC1CCN(S(=O)(=O)c2cccc(N(Cc3ccccc3)C(=O)O)c2)CC1. The second-order valence-corrected chi connectivity index (χ2v) is 9.18. The van der Waals surface area contributed by atoms with E-state index in [9.17, 15) is 23.1 Å². The normalized spacial score (nSPS) is 15.2. The Balaban J connectivity index is 1.77. The number of rotatable bonds is 7. The fourth-order valence-corrected chi connectivity index (χ4v) is 5.01. The lowest BCUT2D eigenvalue weighted by Crippen LogP contribution is -2.46. The zero-order valence-corrected chi connectivity index (χ0v) is 17.8. The second-order valence-electron chi connectivity index (χ2n) is 7.24. The van der Waals surface area contributed by atoms with E-state index in [1.807, 2.05) is 30.3 Å². The summed E-state index contributed by atoms with van der Waals surface area (Å²) < 4.78 is 27.6. The minimum Gasteiger partial charge on any atom is -0.465 e. The van der Waals surface area contributed by atoms with Crippen molar-refractivity contribution in [1.29, 1.82) is 0 Å². The van der Waals surface area contributed by atoms with E-state index in [4.69, 9.17) is 0 Å². The molecular formula is C22H25N3O5S. The van der Waals surface area contributed by atoms with Crippen molar-refractivity contribution in [2.45, 2.75) is 30.3 Å². The number of carbonyl (C=O) groups is 2. The molecular weight excluding hydrogens is 418 g/mol. The number of hydrogen-bond acceptors (Lipinski definition) is 4. The standard InChI is InChI=1S/C22H25N3O5S/c1-2-21(26)23-18-11-13-24(14-12-18)31(29,30)20-10-6-9-19(15-20)25(22(27)28)16-17-7-4-3-5-8-17/h2-10,15,18H,1,11-14,16H2,(H,23,26)(H,27,28). The van der Waals surface area contributed by atoms with E-state index in [1.165, 1.54) is 22.5 Å². The van der Waals surface area contributed by atoms with Gasteiger partial charge in [-0.25, -0.2) is 13.2 Å². The third-order valence-corrected chi connectivity index (χ3v) is 7.06. The fraction of sp³-hybridized carbons (Fsp3) is 0.273. The third-order valence-electron chi connectivity index (χ3n) is 5.17. The van der Waals surface area contributed by atoms with Crippen LogP contribution in [0.4, 0.5) is 10.5 Å². The van der Waals surface area contributed by atoms with Gasteiger partial charge in [0.15, 0.2) is 0 Å². The summed E-state index contributed by atoms with van der Waals surface area (Å²) >= 11 is 0. The first kappa shape index (κ1) is 22.5. The molecule has 0 saturated carbocycles. The number of nitrogens with zero attached hydrogens (tertiary/aromatic N) is 2. The van der Waals surface area contributed by atoms with Crippen LogP contribution in [0.1, 0.15) is 18.4 Å². The van der Waals surface area contributed by atoms with Gasteiger partial charge in [-0.1, -0.05) is 43.0 Å². The smallest absolute Gasteiger partial charge is 0.412 e. The van der Waals surface area contributed by atoms with Crippen molar-refractivity contribution in [2.75, 3.05) is 18.0 Å². The Hall–Kier alpha value is -3.17. The molecule has 164 valence electrons. The highest BCUT2D eigenvalue weighted by Gasteiger charge is 2.30. The molecule has 2 N–H and O–H groups in total. The predicted molar refractivity (Wildman–Crippen MR) is 117 cm³/mol. The number of piperidine rings is 1. The second kappa shape index (κ2) is 9.76. The molecule has 8 nitrogen and oxygen atoms in total. The first-order chi connectivity index (χ1) is 14.8. The molecule has 0 aliphatic carbocycles. The minimum atomic E-state index is -3.79. The summed E-state index contributed by atoms with van der Waals surface area (Å²) in [5.41, 5.74) is 1.08. The third kappa shape index (κ3) is 5.50. The van der Waals surface area contributed by atoms with Crippen molar-refractivity contribution in [3.05, 3.63) is 72.8 Å². The van der Waals surface area contributed by atoms with E-state index in [2.05, 4.69) is 11.9 Å². The molecule has 0 aromatic heterocycles. The van der Waals surface area contributed by atoms with Gasteiger partial charge >= 0.3 is 6.09 Å². The predicted octanol–water partition coefficient (Wildman–Crippen LogP) is 2.83. The molecule has 2 aromatic carbocycles. The highest BCUT2D eigenvalue weighted by atomic mass is 32.2. The Labute approximate surface area is 181 Å². The Morgan fingerprint density at radius 3 is 2.42 bits per heavy atom. The Morgan fingerprint density at radius 2 is 1.81 bits per heavy atom. The van der Waals surface area contributed by atoms with Gasteiger partial charge in [0.05, 0.1) is 11.4 Å². The van der Waals surface area contributed by atoms with Gasteiger partial charge < -0.3 is 10.4 Å². The number of nitrogens with one attached hydrogen (secondary N) is 1. The molecule has 0 unspecified atom stereocenters. The van der Waals surface area contributed by atoms with Gasteiger partial charge in [-0.2, -0.15) is 4.31 Å². The highest BCUT2D eigenvalue weighted by molar-refractivity contribution is 7.89. The van der Waals surface area contributed by atoms with Gasteiger partial charge in [0.25, 0.3) is 0 Å². The molecule has 9 heteroatoms. The number of benzene rings is 2. The van der Waals surface area contributed by atoms with Crippen LogP contribution in [-0.2, 0) is 21.4 Å². The van der Waals surface area contributed by atoms with Crippen molar-refractivity contribution >= 4 is 27.7 Å². The number of amides is 2. The number of anilines is 1. The number of carboxylic acid groups (broad SMARTS) is 1. The fourth-order valence-electron chi connectivity index (χ4n) is 3.50. The molecule has 1 aliphatic heterocycles. The lowest BCUT2D eigenvalue weighted by Gasteiger charge is -2.31. The van der Waals surface area contributed by atoms with Crippen molar-refractivity contribution in [3.63, 3.8) is 0 Å². The topological polar surface area (TPSA) is 107 Å². The molecule has 1 saturated heterocycles. The first-order valence-corrected chi connectivity index (χ1v) is 11.3. The lowest BCUT2D eigenvalue weighted by molar-refractivity contribution is -0.117. The van der Waals surface area contributed by atoms with Crippen LogP contribution in [-0.4, -0.2) is 49.0 Å². The Kier molecular flexibility index (Phi) is 7.09. The summed E-state index contributed by atoms with van der Waals surface area (Å²) in [6.07, 6.45) is 1.01. The molecule has 1 fully saturated rings. The van der Waals surface area contributed by atoms with Crippen LogP contribution in [0.15, 0.2) is 72.1 Å². The molecule has 3 rings (SSSR count). The van der Waals surface area contributed by atoms with Gasteiger partial charge in [0, 0.05) is 24.8 Å². The van der Waals surface area contributed by atoms with E-state index >= 15 is 0 Å².